The minimum absolute atomic E-state index is 0.598. The number of nitrogens with zero attached hydrogens (tertiary/aromatic N) is 5. The topological polar surface area (TPSA) is 45.2 Å². The van der Waals surface area contributed by atoms with Gasteiger partial charge in [0.2, 0.25) is 5.95 Å². The zero-order valence-corrected chi connectivity index (χ0v) is 16.4. The van der Waals surface area contributed by atoms with Gasteiger partial charge in [-0.25, -0.2) is 0 Å². The van der Waals surface area contributed by atoms with E-state index >= 15 is 0 Å². The second-order valence-corrected chi connectivity index (χ2v) is 6.86. The summed E-state index contributed by atoms with van der Waals surface area (Å²) >= 11 is 0. The second kappa shape index (κ2) is 8.97. The summed E-state index contributed by atoms with van der Waals surface area (Å²) in [6.45, 7) is 1.42. The molecule has 5 heteroatoms. The molecule has 1 aromatic heterocycles. The summed E-state index contributed by atoms with van der Waals surface area (Å²) < 4.78 is 0. The molecule has 0 aliphatic rings. The zero-order chi connectivity index (χ0) is 19.9. The molecule has 0 bridgehead atoms. The second-order valence-electron chi connectivity index (χ2n) is 6.86. The quantitative estimate of drug-likeness (QED) is 0.458. The lowest BCUT2D eigenvalue weighted by Crippen LogP contribution is -2.23. The molecule has 0 aliphatic heterocycles. The van der Waals surface area contributed by atoms with Crippen molar-refractivity contribution < 1.29 is 0 Å². The number of hydrogen-bond acceptors (Lipinski definition) is 5. The van der Waals surface area contributed by atoms with Gasteiger partial charge in [-0.15, -0.1) is 5.10 Å². The van der Waals surface area contributed by atoms with E-state index in [-0.39, 0.29) is 0 Å². The molecule has 0 fully saturated rings. The van der Waals surface area contributed by atoms with Crippen molar-refractivity contribution in [1.82, 2.24) is 15.2 Å². The predicted octanol–water partition coefficient (Wildman–Crippen LogP) is 4.85. The van der Waals surface area contributed by atoms with E-state index in [0.717, 1.165) is 18.1 Å². The van der Waals surface area contributed by atoms with Crippen LogP contribution in [0.25, 0.3) is 0 Å². The first-order valence-electron chi connectivity index (χ1n) is 9.61. The van der Waals surface area contributed by atoms with Gasteiger partial charge in [0.05, 0.1) is 6.20 Å². The molecule has 5 nitrogen and oxygen atoms in total. The number of hydrogen-bond donors (Lipinski definition) is 0. The Morgan fingerprint density at radius 2 is 1.24 bits per heavy atom. The molecular weight excluding hydrogens is 358 g/mol. The van der Waals surface area contributed by atoms with Crippen LogP contribution in [0.4, 0.5) is 17.5 Å². The number of rotatable bonds is 7. The van der Waals surface area contributed by atoms with Gasteiger partial charge in [-0.3, -0.25) is 0 Å². The normalized spacial score (nSPS) is 10.5. The van der Waals surface area contributed by atoms with E-state index in [0.29, 0.717) is 12.5 Å². The average Bonchev–Trinajstić information content (AvgIpc) is 2.79. The van der Waals surface area contributed by atoms with Crippen molar-refractivity contribution in [3.63, 3.8) is 0 Å². The van der Waals surface area contributed by atoms with Crippen LogP contribution in [0.5, 0.6) is 0 Å². The third kappa shape index (κ3) is 4.76. The Hall–Kier alpha value is -3.73. The highest BCUT2D eigenvalue weighted by molar-refractivity contribution is 5.60. The van der Waals surface area contributed by atoms with Crippen molar-refractivity contribution in [1.29, 1.82) is 0 Å². The van der Waals surface area contributed by atoms with Crippen LogP contribution in [-0.2, 0) is 13.1 Å². The lowest BCUT2D eigenvalue weighted by Gasteiger charge is -2.25. The van der Waals surface area contributed by atoms with E-state index < -0.39 is 0 Å². The maximum Gasteiger partial charge on any atom is 0.247 e. The zero-order valence-electron chi connectivity index (χ0n) is 16.4. The third-order valence-electron chi connectivity index (χ3n) is 4.67. The smallest absolute Gasteiger partial charge is 0.247 e. The first-order valence-corrected chi connectivity index (χ1v) is 9.61. The summed E-state index contributed by atoms with van der Waals surface area (Å²) in [6, 6.07) is 30.9. The van der Waals surface area contributed by atoms with Gasteiger partial charge in [0.1, 0.15) is 0 Å². The van der Waals surface area contributed by atoms with Crippen LogP contribution in [0.1, 0.15) is 11.1 Å². The molecule has 0 atom stereocenters. The maximum atomic E-state index is 4.82. The van der Waals surface area contributed by atoms with Gasteiger partial charge in [-0.2, -0.15) is 10.1 Å². The number of anilines is 3. The Morgan fingerprint density at radius 1 is 0.690 bits per heavy atom. The molecule has 1 heterocycles. The maximum absolute atomic E-state index is 4.82. The van der Waals surface area contributed by atoms with E-state index in [1.165, 1.54) is 11.1 Å². The molecular formula is C24H23N5. The SMILES string of the molecule is CN(Cc1ccccc1)c1nncc(N(Cc2ccccc2)c2ccccc2)n1. The molecule has 4 rings (SSSR count). The van der Waals surface area contributed by atoms with Crippen LogP contribution in [0.3, 0.4) is 0 Å². The minimum atomic E-state index is 0.598. The third-order valence-corrected chi connectivity index (χ3v) is 4.67. The summed E-state index contributed by atoms with van der Waals surface area (Å²) in [6.07, 6.45) is 1.72. The summed E-state index contributed by atoms with van der Waals surface area (Å²) in [5.41, 5.74) is 3.47. The van der Waals surface area contributed by atoms with Crippen molar-refractivity contribution in [3.05, 3.63) is 108 Å². The molecule has 29 heavy (non-hydrogen) atoms. The van der Waals surface area contributed by atoms with Gasteiger partial charge in [0, 0.05) is 25.8 Å². The fraction of sp³-hybridized carbons (Fsp3) is 0.125. The summed E-state index contributed by atoms with van der Waals surface area (Å²) in [4.78, 5) is 8.99. The van der Waals surface area contributed by atoms with Crippen LogP contribution in [0, 0.1) is 0 Å². The molecule has 0 spiro atoms. The highest BCUT2D eigenvalue weighted by Crippen LogP contribution is 2.26. The average molecular weight is 381 g/mol. The van der Waals surface area contributed by atoms with Crippen LogP contribution in [-0.4, -0.2) is 22.2 Å². The molecule has 0 unspecified atom stereocenters. The van der Waals surface area contributed by atoms with Crippen molar-refractivity contribution in [3.8, 4) is 0 Å². The van der Waals surface area contributed by atoms with Gasteiger partial charge < -0.3 is 9.80 Å². The number of aromatic nitrogens is 3. The largest absolute Gasteiger partial charge is 0.338 e. The Bertz CT molecular complexity index is 1020. The van der Waals surface area contributed by atoms with Crippen molar-refractivity contribution >= 4 is 17.5 Å². The Labute approximate surface area is 171 Å². The summed E-state index contributed by atoms with van der Waals surface area (Å²) in [5.74, 6) is 1.37. The van der Waals surface area contributed by atoms with Gasteiger partial charge in [0.25, 0.3) is 0 Å². The van der Waals surface area contributed by atoms with Crippen molar-refractivity contribution in [2.24, 2.45) is 0 Å². The standard InChI is InChI=1S/C24H23N5/c1-28(18-20-11-5-2-6-12-20)24-26-23(17-25-27-24)29(22-15-9-4-10-16-22)19-21-13-7-3-8-14-21/h2-17H,18-19H2,1H3. The lowest BCUT2D eigenvalue weighted by molar-refractivity contribution is 0.815. The summed E-state index contributed by atoms with van der Waals surface area (Å²) in [5, 5.41) is 8.50. The van der Waals surface area contributed by atoms with E-state index in [9.17, 15) is 0 Å². The number of benzene rings is 3. The van der Waals surface area contributed by atoms with Crippen molar-refractivity contribution in [2.75, 3.05) is 16.8 Å². The molecule has 0 radical (unpaired) electrons. The molecule has 3 aromatic carbocycles. The van der Waals surface area contributed by atoms with E-state index in [1.807, 2.05) is 54.4 Å². The molecule has 0 amide bonds. The van der Waals surface area contributed by atoms with Crippen LogP contribution in [0.2, 0.25) is 0 Å². The van der Waals surface area contributed by atoms with E-state index in [1.54, 1.807) is 6.20 Å². The number of para-hydroxylation sites is 1. The summed E-state index contributed by atoms with van der Waals surface area (Å²) in [7, 11) is 1.98. The van der Waals surface area contributed by atoms with Crippen molar-refractivity contribution in [2.45, 2.75) is 13.1 Å². The first-order chi connectivity index (χ1) is 14.3. The highest BCUT2D eigenvalue weighted by Gasteiger charge is 2.15. The lowest BCUT2D eigenvalue weighted by atomic mass is 10.2. The molecule has 0 N–H and O–H groups in total. The molecule has 4 aromatic rings. The highest BCUT2D eigenvalue weighted by atomic mass is 15.3. The van der Waals surface area contributed by atoms with Gasteiger partial charge >= 0.3 is 0 Å². The fourth-order valence-corrected chi connectivity index (χ4v) is 3.18. The fourth-order valence-electron chi connectivity index (χ4n) is 3.18. The Balaban J connectivity index is 1.63. The molecule has 0 saturated heterocycles. The van der Waals surface area contributed by atoms with E-state index in [2.05, 4.69) is 63.6 Å². The molecule has 0 aliphatic carbocycles. The van der Waals surface area contributed by atoms with Gasteiger partial charge in [-0.1, -0.05) is 78.9 Å². The van der Waals surface area contributed by atoms with Crippen LogP contribution in [0.15, 0.2) is 97.2 Å². The first kappa shape index (κ1) is 18.6. The van der Waals surface area contributed by atoms with Crippen LogP contribution < -0.4 is 9.80 Å². The Morgan fingerprint density at radius 3 is 1.86 bits per heavy atom. The van der Waals surface area contributed by atoms with Crippen LogP contribution >= 0.6 is 0 Å². The minimum Gasteiger partial charge on any atom is -0.338 e. The molecule has 0 saturated carbocycles. The molecule has 144 valence electrons. The van der Waals surface area contributed by atoms with Gasteiger partial charge in [-0.05, 0) is 23.3 Å². The monoisotopic (exact) mass is 381 g/mol. The predicted molar refractivity (Wildman–Crippen MR) is 117 cm³/mol. The van der Waals surface area contributed by atoms with Gasteiger partial charge in [0.15, 0.2) is 5.82 Å². The van der Waals surface area contributed by atoms with E-state index in [4.69, 9.17) is 4.98 Å². The Kier molecular flexibility index (Phi) is 5.76.